The van der Waals surface area contributed by atoms with E-state index in [0.29, 0.717) is 22.3 Å². The van der Waals surface area contributed by atoms with Gasteiger partial charge in [0.15, 0.2) is 0 Å². The van der Waals surface area contributed by atoms with Gasteiger partial charge in [-0.3, -0.25) is 4.72 Å². The Hall–Kier alpha value is -3.31. The van der Waals surface area contributed by atoms with Crippen LogP contribution in [0.3, 0.4) is 0 Å². The minimum atomic E-state index is -3.87. The minimum absolute atomic E-state index is 0.0150. The molecular formula is C19H17N3O4S. The molecule has 0 aliphatic heterocycles. The predicted octanol–water partition coefficient (Wildman–Crippen LogP) is 4.00. The molecule has 0 aliphatic carbocycles. The first kappa shape index (κ1) is 18.5. The van der Waals surface area contributed by atoms with Crippen molar-refractivity contribution < 1.29 is 17.9 Å². The van der Waals surface area contributed by atoms with Crippen LogP contribution in [0, 0.1) is 13.5 Å². The summed E-state index contributed by atoms with van der Waals surface area (Å²) in [5, 5.41) is 0.683. The van der Waals surface area contributed by atoms with E-state index >= 15 is 0 Å². The number of ether oxygens (including phenoxy) is 1. The maximum absolute atomic E-state index is 12.7. The summed E-state index contributed by atoms with van der Waals surface area (Å²) in [6.45, 7) is 11.0. The summed E-state index contributed by atoms with van der Waals surface area (Å²) < 4.78 is 32.9. The number of aromatic amines is 1. The number of H-pyrrole nitrogens is 1. The molecule has 138 valence electrons. The van der Waals surface area contributed by atoms with E-state index in [1.807, 2.05) is 6.92 Å². The third-order valence-electron chi connectivity index (χ3n) is 4.06. The fourth-order valence-electron chi connectivity index (χ4n) is 2.76. The van der Waals surface area contributed by atoms with E-state index < -0.39 is 16.0 Å². The molecule has 0 saturated heterocycles. The Morgan fingerprint density at radius 2 is 1.93 bits per heavy atom. The number of aromatic nitrogens is 1. The van der Waals surface area contributed by atoms with Crippen molar-refractivity contribution in [2.24, 2.45) is 0 Å². The Bertz CT molecular complexity index is 1160. The molecule has 0 aliphatic rings. The van der Waals surface area contributed by atoms with Crippen molar-refractivity contribution in [2.45, 2.75) is 18.7 Å². The largest absolute Gasteiger partial charge is 0.462 e. The number of sulfonamides is 1. The van der Waals surface area contributed by atoms with Crippen LogP contribution in [0.1, 0.15) is 22.8 Å². The lowest BCUT2D eigenvalue weighted by Gasteiger charge is -2.11. The zero-order chi connectivity index (χ0) is 19.6. The second-order valence-electron chi connectivity index (χ2n) is 5.82. The highest BCUT2D eigenvalue weighted by Crippen LogP contribution is 2.34. The SMILES string of the molecule is [C-]#[N+]c1c[nH]c2c(NS(=O)(=O)c3ccc(C(=O)OCC)cc3)ccc(C)c12. The van der Waals surface area contributed by atoms with Crippen molar-refractivity contribution in [3.63, 3.8) is 0 Å². The number of carbonyl (C=O) groups excluding carboxylic acids is 1. The minimum Gasteiger partial charge on any atom is -0.462 e. The summed E-state index contributed by atoms with van der Waals surface area (Å²) in [5.74, 6) is -0.507. The summed E-state index contributed by atoms with van der Waals surface area (Å²) in [6, 6.07) is 8.91. The molecule has 0 bridgehead atoms. The third-order valence-corrected chi connectivity index (χ3v) is 5.44. The summed E-state index contributed by atoms with van der Waals surface area (Å²) in [4.78, 5) is 18.1. The molecule has 0 unspecified atom stereocenters. The predicted molar refractivity (Wildman–Crippen MR) is 103 cm³/mol. The molecule has 0 fully saturated rings. The number of nitrogens with zero attached hydrogens (tertiary/aromatic N) is 1. The van der Waals surface area contributed by atoms with Gasteiger partial charge >= 0.3 is 5.97 Å². The van der Waals surface area contributed by atoms with Gasteiger partial charge in [0.1, 0.15) is 0 Å². The molecule has 0 atom stereocenters. The number of hydrogen-bond donors (Lipinski definition) is 2. The second-order valence-corrected chi connectivity index (χ2v) is 7.50. The van der Waals surface area contributed by atoms with Crippen molar-refractivity contribution in [3.05, 3.63) is 65.1 Å². The Kier molecular flexibility index (Phi) is 4.88. The monoisotopic (exact) mass is 383 g/mol. The van der Waals surface area contributed by atoms with E-state index in [1.165, 1.54) is 24.3 Å². The maximum Gasteiger partial charge on any atom is 0.338 e. The van der Waals surface area contributed by atoms with E-state index in [2.05, 4.69) is 14.6 Å². The Balaban J connectivity index is 1.95. The smallest absolute Gasteiger partial charge is 0.338 e. The van der Waals surface area contributed by atoms with Crippen LogP contribution in [-0.4, -0.2) is 26.0 Å². The highest BCUT2D eigenvalue weighted by atomic mass is 32.2. The normalized spacial score (nSPS) is 11.1. The van der Waals surface area contributed by atoms with Gasteiger partial charge in [0.05, 0.1) is 34.8 Å². The summed E-state index contributed by atoms with van der Waals surface area (Å²) in [7, 11) is -3.87. The molecule has 7 nitrogen and oxygen atoms in total. The molecule has 3 aromatic rings. The number of benzene rings is 2. The Morgan fingerprint density at radius 1 is 1.22 bits per heavy atom. The Labute approximate surface area is 156 Å². The summed E-state index contributed by atoms with van der Waals surface area (Å²) in [6.07, 6.45) is 1.55. The summed E-state index contributed by atoms with van der Waals surface area (Å²) >= 11 is 0. The van der Waals surface area contributed by atoms with E-state index in [0.717, 1.165) is 5.56 Å². The number of rotatable bonds is 5. The molecular weight excluding hydrogens is 366 g/mol. The number of fused-ring (bicyclic) bond motifs is 1. The number of aryl methyl sites for hydroxylation is 1. The van der Waals surface area contributed by atoms with Crippen molar-refractivity contribution in [1.82, 2.24) is 4.98 Å². The Morgan fingerprint density at radius 3 is 2.56 bits per heavy atom. The lowest BCUT2D eigenvalue weighted by molar-refractivity contribution is 0.0526. The van der Waals surface area contributed by atoms with Gasteiger partial charge < -0.3 is 9.72 Å². The van der Waals surface area contributed by atoms with Crippen LogP contribution in [0.4, 0.5) is 11.4 Å². The lowest BCUT2D eigenvalue weighted by Crippen LogP contribution is -2.14. The van der Waals surface area contributed by atoms with Crippen LogP contribution in [0.15, 0.2) is 47.5 Å². The highest BCUT2D eigenvalue weighted by molar-refractivity contribution is 7.92. The molecule has 0 radical (unpaired) electrons. The molecule has 1 heterocycles. The third kappa shape index (κ3) is 3.50. The molecule has 0 saturated carbocycles. The van der Waals surface area contributed by atoms with E-state index in [-0.39, 0.29) is 17.1 Å². The first-order valence-corrected chi connectivity index (χ1v) is 9.64. The number of carbonyl (C=O) groups is 1. The average Bonchev–Trinajstić information content (AvgIpc) is 3.09. The first-order valence-electron chi connectivity index (χ1n) is 8.15. The van der Waals surface area contributed by atoms with Crippen molar-refractivity contribution in [2.75, 3.05) is 11.3 Å². The number of esters is 1. The molecule has 1 aromatic heterocycles. The summed E-state index contributed by atoms with van der Waals surface area (Å²) in [5.41, 5.74) is 2.48. The van der Waals surface area contributed by atoms with Gasteiger partial charge in [-0.2, -0.15) is 0 Å². The van der Waals surface area contributed by atoms with Gasteiger partial charge in [-0.25, -0.2) is 18.1 Å². The van der Waals surface area contributed by atoms with E-state index in [1.54, 1.807) is 25.3 Å². The highest BCUT2D eigenvalue weighted by Gasteiger charge is 2.18. The fraction of sp³-hybridized carbons (Fsp3) is 0.158. The molecule has 0 amide bonds. The lowest BCUT2D eigenvalue weighted by atomic mass is 10.1. The van der Waals surface area contributed by atoms with Crippen molar-refractivity contribution >= 4 is 38.3 Å². The van der Waals surface area contributed by atoms with Crippen LogP contribution in [-0.2, 0) is 14.8 Å². The molecule has 3 rings (SSSR count). The molecule has 2 aromatic carbocycles. The van der Waals surface area contributed by atoms with Gasteiger partial charge in [-0.1, -0.05) is 11.6 Å². The van der Waals surface area contributed by atoms with Crippen molar-refractivity contribution in [1.29, 1.82) is 0 Å². The number of hydrogen-bond acceptors (Lipinski definition) is 4. The number of anilines is 1. The van der Waals surface area contributed by atoms with Crippen LogP contribution in [0.5, 0.6) is 0 Å². The standard InChI is InChI=1S/C19H17N3O4S/c1-4-26-19(23)13-6-8-14(9-7-13)27(24,25)22-15-10-5-12(2)17-16(20-3)11-21-18(15)17/h5-11,21-22H,4H2,1-2H3. The van der Waals surface area contributed by atoms with Crippen LogP contribution >= 0.6 is 0 Å². The van der Waals surface area contributed by atoms with Crippen molar-refractivity contribution in [3.8, 4) is 0 Å². The van der Waals surface area contributed by atoms with Gasteiger partial charge in [-0.05, 0) is 44.2 Å². The number of nitrogens with one attached hydrogen (secondary N) is 2. The molecule has 0 spiro atoms. The fourth-order valence-corrected chi connectivity index (χ4v) is 3.83. The van der Waals surface area contributed by atoms with Crippen LogP contribution in [0.25, 0.3) is 15.7 Å². The zero-order valence-electron chi connectivity index (χ0n) is 14.7. The molecule has 8 heteroatoms. The van der Waals surface area contributed by atoms with E-state index in [9.17, 15) is 13.2 Å². The van der Waals surface area contributed by atoms with Gasteiger partial charge in [0.25, 0.3) is 10.0 Å². The van der Waals surface area contributed by atoms with E-state index in [4.69, 9.17) is 11.3 Å². The van der Waals surface area contributed by atoms with Gasteiger partial charge in [0, 0.05) is 11.6 Å². The average molecular weight is 383 g/mol. The zero-order valence-corrected chi connectivity index (χ0v) is 15.6. The van der Waals surface area contributed by atoms with Crippen LogP contribution < -0.4 is 4.72 Å². The van der Waals surface area contributed by atoms with Gasteiger partial charge in [-0.15, -0.1) is 0 Å². The quantitative estimate of drug-likeness (QED) is 0.514. The van der Waals surface area contributed by atoms with Gasteiger partial charge in [0.2, 0.25) is 5.69 Å². The maximum atomic E-state index is 12.7. The molecule has 27 heavy (non-hydrogen) atoms. The second kappa shape index (κ2) is 7.13. The molecule has 2 N–H and O–H groups in total. The first-order chi connectivity index (χ1) is 12.9. The van der Waals surface area contributed by atoms with Crippen LogP contribution in [0.2, 0.25) is 0 Å². The topological polar surface area (TPSA) is 92.6 Å².